The fourth-order valence-electron chi connectivity index (χ4n) is 0.570. The molecule has 0 bridgehead atoms. The molecular formula is C7H12N2O4. The number of Topliss-reactive ketones (excluding diaryl/α,β-unsaturated/α-hetero) is 1. The molecule has 0 aliphatic carbocycles. The summed E-state index contributed by atoms with van der Waals surface area (Å²) in [6, 6.07) is -0.580. The van der Waals surface area contributed by atoms with Gasteiger partial charge in [0.1, 0.15) is 12.3 Å². The van der Waals surface area contributed by atoms with Crippen molar-refractivity contribution >= 4 is 17.8 Å². The molecule has 0 rings (SSSR count). The van der Waals surface area contributed by atoms with Crippen LogP contribution in [0, 0.1) is 0 Å². The van der Waals surface area contributed by atoms with Gasteiger partial charge in [-0.15, -0.1) is 0 Å². The predicted molar refractivity (Wildman–Crippen MR) is 44.3 cm³/mol. The van der Waals surface area contributed by atoms with E-state index in [1.54, 1.807) is 0 Å². The lowest BCUT2D eigenvalue weighted by atomic mass is 10.3. The molecule has 2 amide bonds. The van der Waals surface area contributed by atoms with Crippen LogP contribution in [0.25, 0.3) is 0 Å². The number of carbonyl (C=O) groups excluding carboxylic acids is 2. The number of hydrogen-bond donors (Lipinski definition) is 3. The summed E-state index contributed by atoms with van der Waals surface area (Å²) in [6.07, 6.45) is 0.250. The molecule has 0 spiro atoms. The van der Waals surface area contributed by atoms with E-state index in [0.717, 1.165) is 0 Å². The number of rotatable bonds is 5. The second-order valence-electron chi connectivity index (χ2n) is 2.46. The van der Waals surface area contributed by atoms with Crippen molar-refractivity contribution < 1.29 is 19.5 Å². The molecular weight excluding hydrogens is 176 g/mol. The average molecular weight is 188 g/mol. The SMILES string of the molecule is CC(=O)CCNC(=O)NCC(=O)O. The molecule has 0 atom stereocenters. The summed E-state index contributed by atoms with van der Waals surface area (Å²) in [6.45, 7) is 1.21. The Morgan fingerprint density at radius 2 is 1.85 bits per heavy atom. The Morgan fingerprint density at radius 1 is 1.23 bits per heavy atom. The van der Waals surface area contributed by atoms with Crippen LogP contribution in [0.15, 0.2) is 0 Å². The van der Waals surface area contributed by atoms with E-state index in [4.69, 9.17) is 5.11 Å². The summed E-state index contributed by atoms with van der Waals surface area (Å²) in [4.78, 5) is 31.1. The molecule has 0 aliphatic heterocycles. The van der Waals surface area contributed by atoms with Crippen LogP contribution < -0.4 is 10.6 Å². The summed E-state index contributed by atoms with van der Waals surface area (Å²) >= 11 is 0. The van der Waals surface area contributed by atoms with E-state index < -0.39 is 18.5 Å². The van der Waals surface area contributed by atoms with Crippen molar-refractivity contribution in [3.05, 3.63) is 0 Å². The first-order chi connectivity index (χ1) is 6.02. The van der Waals surface area contributed by atoms with Crippen molar-refractivity contribution in [1.82, 2.24) is 10.6 Å². The molecule has 13 heavy (non-hydrogen) atoms. The molecule has 0 aromatic carbocycles. The first-order valence-electron chi connectivity index (χ1n) is 3.75. The van der Waals surface area contributed by atoms with Gasteiger partial charge in [0, 0.05) is 13.0 Å². The number of carbonyl (C=O) groups is 3. The first kappa shape index (κ1) is 11.4. The second-order valence-corrected chi connectivity index (χ2v) is 2.46. The van der Waals surface area contributed by atoms with Crippen LogP contribution in [0.4, 0.5) is 4.79 Å². The van der Waals surface area contributed by atoms with E-state index in [1.165, 1.54) is 6.92 Å². The van der Waals surface area contributed by atoms with E-state index in [2.05, 4.69) is 10.6 Å². The van der Waals surface area contributed by atoms with E-state index in [1.807, 2.05) is 0 Å². The molecule has 0 saturated heterocycles. The number of ketones is 1. The molecule has 0 saturated carbocycles. The molecule has 0 aromatic rings. The summed E-state index contributed by atoms with van der Waals surface area (Å²) in [5.74, 6) is -1.14. The molecule has 3 N–H and O–H groups in total. The van der Waals surface area contributed by atoms with Crippen LogP contribution in [0.5, 0.6) is 0 Å². The van der Waals surface area contributed by atoms with Crippen molar-refractivity contribution in [2.45, 2.75) is 13.3 Å². The molecule has 74 valence electrons. The average Bonchev–Trinajstić information content (AvgIpc) is 2.00. The Kier molecular flexibility index (Phi) is 5.25. The third-order valence-electron chi connectivity index (χ3n) is 1.16. The largest absolute Gasteiger partial charge is 0.480 e. The monoisotopic (exact) mass is 188 g/mol. The zero-order valence-corrected chi connectivity index (χ0v) is 7.29. The van der Waals surface area contributed by atoms with Gasteiger partial charge in [0.2, 0.25) is 0 Å². The van der Waals surface area contributed by atoms with Crippen LogP contribution >= 0.6 is 0 Å². The van der Waals surface area contributed by atoms with Crippen molar-refractivity contribution in [2.75, 3.05) is 13.1 Å². The van der Waals surface area contributed by atoms with Crippen LogP contribution in [0.3, 0.4) is 0 Å². The first-order valence-corrected chi connectivity index (χ1v) is 3.75. The van der Waals surface area contributed by atoms with Crippen LogP contribution in [0.1, 0.15) is 13.3 Å². The quantitative estimate of drug-likeness (QED) is 0.534. The Morgan fingerprint density at radius 3 is 2.31 bits per heavy atom. The number of carboxylic acids is 1. The zero-order valence-electron chi connectivity index (χ0n) is 7.29. The van der Waals surface area contributed by atoms with Gasteiger partial charge in [0.05, 0.1) is 0 Å². The molecule has 0 heterocycles. The zero-order chi connectivity index (χ0) is 10.3. The number of nitrogens with one attached hydrogen (secondary N) is 2. The Hall–Kier alpha value is -1.59. The highest BCUT2D eigenvalue weighted by Gasteiger charge is 2.02. The number of aliphatic carboxylic acids is 1. The topological polar surface area (TPSA) is 95.5 Å². The smallest absolute Gasteiger partial charge is 0.323 e. The Bertz CT molecular complexity index is 215. The van der Waals surface area contributed by atoms with Crippen LogP contribution in [-0.2, 0) is 9.59 Å². The Balaban J connectivity index is 3.41. The maximum atomic E-state index is 10.7. The van der Waals surface area contributed by atoms with Crippen LogP contribution in [0.2, 0.25) is 0 Å². The molecule has 6 heteroatoms. The van der Waals surface area contributed by atoms with Crippen molar-refractivity contribution in [3.63, 3.8) is 0 Å². The lowest BCUT2D eigenvalue weighted by molar-refractivity contribution is -0.135. The molecule has 0 aliphatic rings. The minimum absolute atomic E-state index is 0.0291. The lowest BCUT2D eigenvalue weighted by Gasteiger charge is -2.03. The van der Waals surface area contributed by atoms with Gasteiger partial charge in [-0.3, -0.25) is 9.59 Å². The Labute approximate surface area is 75.3 Å². The van der Waals surface area contributed by atoms with E-state index >= 15 is 0 Å². The van der Waals surface area contributed by atoms with Gasteiger partial charge in [-0.05, 0) is 6.92 Å². The van der Waals surface area contributed by atoms with Crippen molar-refractivity contribution in [1.29, 1.82) is 0 Å². The molecule has 0 unspecified atom stereocenters. The number of hydrogen-bond acceptors (Lipinski definition) is 3. The molecule has 0 fully saturated rings. The van der Waals surface area contributed by atoms with Gasteiger partial charge >= 0.3 is 12.0 Å². The molecule has 0 radical (unpaired) electrons. The number of carboxylic acid groups (broad SMARTS) is 1. The standard InChI is InChI=1S/C7H12N2O4/c1-5(10)2-3-8-7(13)9-4-6(11)12/h2-4H2,1H3,(H,11,12)(H2,8,9,13). The van der Waals surface area contributed by atoms with E-state index in [0.29, 0.717) is 0 Å². The number of urea groups is 1. The highest BCUT2D eigenvalue weighted by atomic mass is 16.4. The van der Waals surface area contributed by atoms with Gasteiger partial charge in [-0.1, -0.05) is 0 Å². The van der Waals surface area contributed by atoms with Gasteiger partial charge in [0.15, 0.2) is 0 Å². The van der Waals surface area contributed by atoms with Gasteiger partial charge in [0.25, 0.3) is 0 Å². The van der Waals surface area contributed by atoms with Gasteiger partial charge < -0.3 is 15.7 Å². The highest BCUT2D eigenvalue weighted by Crippen LogP contribution is 1.77. The minimum atomic E-state index is -1.11. The normalized spacial score (nSPS) is 9.00. The van der Waals surface area contributed by atoms with E-state index in [-0.39, 0.29) is 18.7 Å². The van der Waals surface area contributed by atoms with E-state index in [9.17, 15) is 14.4 Å². The fraction of sp³-hybridized carbons (Fsp3) is 0.571. The highest BCUT2D eigenvalue weighted by molar-refractivity contribution is 5.80. The third-order valence-corrected chi connectivity index (χ3v) is 1.16. The van der Waals surface area contributed by atoms with Crippen molar-refractivity contribution in [2.24, 2.45) is 0 Å². The summed E-state index contributed by atoms with van der Waals surface area (Å²) < 4.78 is 0. The van der Waals surface area contributed by atoms with Gasteiger partial charge in [-0.2, -0.15) is 0 Å². The third kappa shape index (κ3) is 8.32. The molecule has 6 nitrogen and oxygen atoms in total. The molecule has 0 aromatic heterocycles. The van der Waals surface area contributed by atoms with Crippen LogP contribution in [-0.4, -0.2) is 36.0 Å². The van der Waals surface area contributed by atoms with Crippen molar-refractivity contribution in [3.8, 4) is 0 Å². The minimum Gasteiger partial charge on any atom is -0.480 e. The second kappa shape index (κ2) is 5.99. The predicted octanol–water partition coefficient (Wildman–Crippen LogP) is -0.651. The number of amides is 2. The maximum absolute atomic E-state index is 10.7. The summed E-state index contributed by atoms with van der Waals surface area (Å²) in [5, 5.41) is 12.6. The summed E-state index contributed by atoms with van der Waals surface area (Å²) in [5.41, 5.74) is 0. The fourth-order valence-corrected chi connectivity index (χ4v) is 0.570. The summed E-state index contributed by atoms with van der Waals surface area (Å²) in [7, 11) is 0. The lowest BCUT2D eigenvalue weighted by Crippen LogP contribution is -2.39. The maximum Gasteiger partial charge on any atom is 0.323 e. The van der Waals surface area contributed by atoms with Gasteiger partial charge in [-0.25, -0.2) is 4.79 Å².